The summed E-state index contributed by atoms with van der Waals surface area (Å²) in [6.07, 6.45) is 0. The van der Waals surface area contributed by atoms with E-state index in [1.165, 1.54) is 24.3 Å². The highest BCUT2D eigenvalue weighted by atomic mass is 35.5. The number of rotatable bonds is 8. The monoisotopic (exact) mass is 690 g/mol. The van der Waals surface area contributed by atoms with E-state index >= 15 is 0 Å². The lowest BCUT2D eigenvalue weighted by atomic mass is 10.1. The molecule has 43 heavy (non-hydrogen) atoms. The van der Waals surface area contributed by atoms with Gasteiger partial charge in [0.05, 0.1) is 31.2 Å². The van der Waals surface area contributed by atoms with Crippen LogP contribution in [-0.4, -0.2) is 22.9 Å². The van der Waals surface area contributed by atoms with Crippen molar-refractivity contribution < 1.29 is 37.1 Å². The van der Waals surface area contributed by atoms with Crippen LogP contribution in [0.4, 0.5) is 28.9 Å². The van der Waals surface area contributed by atoms with E-state index in [0.717, 1.165) is 11.8 Å². The molecule has 4 aromatic rings. The van der Waals surface area contributed by atoms with Gasteiger partial charge in [-0.3, -0.25) is 9.59 Å². The summed E-state index contributed by atoms with van der Waals surface area (Å²) < 4.78 is 56.0. The van der Waals surface area contributed by atoms with Crippen molar-refractivity contribution >= 4 is 87.3 Å². The van der Waals surface area contributed by atoms with Crippen molar-refractivity contribution in [2.45, 2.75) is 10.1 Å². The van der Waals surface area contributed by atoms with Gasteiger partial charge in [0.2, 0.25) is 5.91 Å². The zero-order valence-corrected chi connectivity index (χ0v) is 24.8. The Balaban J connectivity index is 1.66. The zero-order chi connectivity index (χ0) is 31.6. The standard InChI is InChI=1S/C28H14Cl4F4N2O4S/c29-18-16(17(28(41)42)19(30)21(32)20(18)31)26(39)37-12-7-4-8-13(9-12)43-25(11-5-2-1-3-6-11)27(40)38-24-22(35)14(33)10-15(34)23(24)36/h1-10,25H,(H,37,39)(H,38,40)(H,41,42). The fourth-order valence-electron chi connectivity index (χ4n) is 3.79. The summed E-state index contributed by atoms with van der Waals surface area (Å²) in [6, 6.07) is 13.8. The average Bonchev–Trinajstić information content (AvgIpc) is 2.98. The van der Waals surface area contributed by atoms with Crippen molar-refractivity contribution in [3.8, 4) is 0 Å². The molecule has 3 N–H and O–H groups in total. The van der Waals surface area contributed by atoms with Gasteiger partial charge in [-0.25, -0.2) is 22.4 Å². The second-order valence-electron chi connectivity index (χ2n) is 8.53. The lowest BCUT2D eigenvalue weighted by Gasteiger charge is -2.18. The molecule has 222 valence electrons. The first-order chi connectivity index (χ1) is 20.3. The minimum atomic E-state index is -1.78. The number of halogens is 8. The molecule has 0 aliphatic carbocycles. The van der Waals surface area contributed by atoms with Gasteiger partial charge in [-0.05, 0) is 23.8 Å². The van der Waals surface area contributed by atoms with Crippen molar-refractivity contribution in [3.05, 3.63) is 121 Å². The summed E-state index contributed by atoms with van der Waals surface area (Å²) >= 11 is 25.0. The van der Waals surface area contributed by atoms with Crippen LogP contribution in [0.1, 0.15) is 31.5 Å². The molecular weight excluding hydrogens is 678 g/mol. The highest BCUT2D eigenvalue weighted by Crippen LogP contribution is 2.42. The van der Waals surface area contributed by atoms with Crippen LogP contribution >= 0.6 is 58.2 Å². The number of thioether (sulfide) groups is 1. The molecular formula is C28H14Cl4F4N2O4S. The number of hydrogen-bond donors (Lipinski definition) is 3. The van der Waals surface area contributed by atoms with Gasteiger partial charge >= 0.3 is 5.97 Å². The van der Waals surface area contributed by atoms with Gasteiger partial charge in [-0.2, -0.15) is 0 Å². The van der Waals surface area contributed by atoms with E-state index < -0.39 is 73.2 Å². The second kappa shape index (κ2) is 13.4. The second-order valence-corrected chi connectivity index (χ2v) is 11.2. The molecule has 4 aromatic carbocycles. The van der Waals surface area contributed by atoms with Gasteiger partial charge < -0.3 is 15.7 Å². The molecule has 6 nitrogen and oxygen atoms in total. The van der Waals surface area contributed by atoms with E-state index in [9.17, 15) is 37.1 Å². The van der Waals surface area contributed by atoms with Gasteiger partial charge in [0, 0.05) is 16.6 Å². The molecule has 0 aliphatic heterocycles. The maximum atomic E-state index is 14.3. The van der Waals surface area contributed by atoms with Crippen LogP contribution in [0.25, 0.3) is 0 Å². The number of aromatic carboxylic acids is 1. The fraction of sp³-hybridized carbons (Fsp3) is 0.0357. The van der Waals surface area contributed by atoms with E-state index in [0.29, 0.717) is 10.5 Å². The Morgan fingerprint density at radius 1 is 0.721 bits per heavy atom. The molecule has 4 rings (SSSR count). The van der Waals surface area contributed by atoms with Crippen LogP contribution in [0.15, 0.2) is 65.6 Å². The molecule has 1 atom stereocenters. The number of carbonyl (C=O) groups is 3. The van der Waals surface area contributed by atoms with Gasteiger partial charge in [-0.15, -0.1) is 11.8 Å². The maximum absolute atomic E-state index is 14.3. The van der Waals surface area contributed by atoms with E-state index in [1.54, 1.807) is 30.3 Å². The summed E-state index contributed by atoms with van der Waals surface area (Å²) in [5, 5.41) is 11.2. The topological polar surface area (TPSA) is 95.5 Å². The first kappa shape index (κ1) is 32.4. The molecule has 0 saturated heterocycles. The van der Waals surface area contributed by atoms with Gasteiger partial charge in [0.1, 0.15) is 10.9 Å². The first-order valence-electron chi connectivity index (χ1n) is 11.7. The molecule has 2 amide bonds. The van der Waals surface area contributed by atoms with Gasteiger partial charge in [0.15, 0.2) is 23.3 Å². The third-order valence-electron chi connectivity index (χ3n) is 5.75. The van der Waals surface area contributed by atoms with Crippen molar-refractivity contribution in [1.29, 1.82) is 0 Å². The minimum Gasteiger partial charge on any atom is -0.478 e. The smallest absolute Gasteiger partial charge is 0.338 e. The predicted octanol–water partition coefficient (Wildman–Crippen LogP) is 9.28. The van der Waals surface area contributed by atoms with E-state index in [1.807, 2.05) is 5.32 Å². The van der Waals surface area contributed by atoms with Crippen LogP contribution in [0.5, 0.6) is 0 Å². The molecule has 0 bridgehead atoms. The van der Waals surface area contributed by atoms with Crippen LogP contribution in [0.2, 0.25) is 20.1 Å². The summed E-state index contributed by atoms with van der Waals surface area (Å²) in [6.45, 7) is 0. The summed E-state index contributed by atoms with van der Waals surface area (Å²) in [4.78, 5) is 38.6. The lowest BCUT2D eigenvalue weighted by molar-refractivity contribution is -0.115. The van der Waals surface area contributed by atoms with Crippen molar-refractivity contribution in [2.24, 2.45) is 0 Å². The Morgan fingerprint density at radius 2 is 1.30 bits per heavy atom. The van der Waals surface area contributed by atoms with Crippen molar-refractivity contribution in [2.75, 3.05) is 10.6 Å². The number of benzene rings is 4. The highest BCUT2D eigenvalue weighted by Gasteiger charge is 2.30. The molecule has 1 unspecified atom stereocenters. The normalized spacial score (nSPS) is 11.6. The number of amides is 2. The predicted molar refractivity (Wildman–Crippen MR) is 158 cm³/mol. The Kier molecular flexibility index (Phi) is 10.1. The molecule has 0 fully saturated rings. The third-order valence-corrected chi connectivity index (χ3v) is 8.80. The number of carbonyl (C=O) groups excluding carboxylic acids is 2. The molecule has 15 heteroatoms. The third kappa shape index (κ3) is 6.86. The Morgan fingerprint density at radius 3 is 1.88 bits per heavy atom. The Hall–Kier alpha value is -3.48. The summed E-state index contributed by atoms with van der Waals surface area (Å²) in [7, 11) is 0. The van der Waals surface area contributed by atoms with Crippen molar-refractivity contribution in [3.63, 3.8) is 0 Å². The quantitative estimate of drug-likeness (QED) is 0.0741. The van der Waals surface area contributed by atoms with Gasteiger partial charge in [0.25, 0.3) is 5.91 Å². The molecule has 0 radical (unpaired) electrons. The number of nitrogens with one attached hydrogen (secondary N) is 2. The average molecular weight is 692 g/mol. The lowest BCUT2D eigenvalue weighted by Crippen LogP contribution is -2.21. The van der Waals surface area contributed by atoms with Crippen LogP contribution in [0, 0.1) is 23.3 Å². The minimum absolute atomic E-state index is 0.0159. The Bertz CT molecular complexity index is 1750. The van der Waals surface area contributed by atoms with E-state index in [2.05, 4.69) is 5.32 Å². The molecule has 0 aromatic heterocycles. The fourth-order valence-corrected chi connectivity index (χ4v) is 5.90. The number of carboxylic acids is 1. The van der Waals surface area contributed by atoms with Crippen LogP contribution in [0.3, 0.4) is 0 Å². The summed E-state index contributed by atoms with van der Waals surface area (Å²) in [5.74, 6) is -10.6. The molecule has 0 spiro atoms. The van der Waals surface area contributed by atoms with E-state index in [4.69, 9.17) is 46.4 Å². The van der Waals surface area contributed by atoms with E-state index in [-0.39, 0.29) is 21.8 Å². The molecule has 0 heterocycles. The molecule has 0 saturated carbocycles. The highest BCUT2D eigenvalue weighted by molar-refractivity contribution is 8.00. The zero-order valence-electron chi connectivity index (χ0n) is 21.0. The van der Waals surface area contributed by atoms with Crippen LogP contribution < -0.4 is 10.6 Å². The molecule has 0 aliphatic rings. The van der Waals surface area contributed by atoms with Gasteiger partial charge in [-0.1, -0.05) is 82.8 Å². The van der Waals surface area contributed by atoms with Crippen LogP contribution in [-0.2, 0) is 4.79 Å². The first-order valence-corrected chi connectivity index (χ1v) is 14.1. The summed E-state index contributed by atoms with van der Waals surface area (Å²) in [5.41, 5.74) is -2.06. The number of hydrogen-bond acceptors (Lipinski definition) is 4. The largest absolute Gasteiger partial charge is 0.478 e. The number of carboxylic acid groups (broad SMARTS) is 1. The van der Waals surface area contributed by atoms with Crippen molar-refractivity contribution in [1.82, 2.24) is 0 Å². The Labute approximate surface area is 264 Å². The maximum Gasteiger partial charge on any atom is 0.338 e. The number of anilines is 2. The SMILES string of the molecule is O=C(O)c1c(Cl)c(Cl)c(Cl)c(Cl)c1C(=O)Nc1cccc(SC(C(=O)Nc2c(F)c(F)cc(F)c2F)c2ccccc2)c1.